The summed E-state index contributed by atoms with van der Waals surface area (Å²) in [5.41, 5.74) is 3.09. The fraction of sp³-hybridized carbons (Fsp3) is 0.556. The molecule has 1 N–H and O–H groups in total. The fourth-order valence-electron chi connectivity index (χ4n) is 2.31. The summed E-state index contributed by atoms with van der Waals surface area (Å²) in [5, 5.41) is 9.97. The molecule has 0 bridgehead atoms. The Balaban J connectivity index is 2.28. The first kappa shape index (κ1) is 15.8. The van der Waals surface area contributed by atoms with Crippen LogP contribution >= 0.6 is 0 Å². The molecule has 0 aromatic heterocycles. The molecule has 0 unspecified atom stereocenters. The van der Waals surface area contributed by atoms with Crippen LogP contribution in [0.4, 0.5) is 0 Å². The van der Waals surface area contributed by atoms with E-state index in [0.717, 1.165) is 23.1 Å². The maximum atomic E-state index is 9.97. The van der Waals surface area contributed by atoms with Crippen LogP contribution in [0, 0.1) is 0 Å². The molecule has 106 valence electrons. The number of allylic oxidation sites excluding steroid dienone is 1. The molecule has 0 aliphatic heterocycles. The molecule has 0 saturated carbocycles. The third kappa shape index (κ3) is 5.96. The Kier molecular flexibility index (Phi) is 7.32. The molecule has 1 aromatic rings. The Hall–Kier alpha value is -1.24. The normalized spacial score (nSPS) is 10.6. The van der Waals surface area contributed by atoms with Crippen molar-refractivity contribution in [3.05, 3.63) is 35.9 Å². The van der Waals surface area contributed by atoms with E-state index < -0.39 is 0 Å². The van der Waals surface area contributed by atoms with E-state index >= 15 is 0 Å². The van der Waals surface area contributed by atoms with E-state index in [4.69, 9.17) is 0 Å². The summed E-state index contributed by atoms with van der Waals surface area (Å²) < 4.78 is 0. The molecule has 0 aliphatic carbocycles. The van der Waals surface area contributed by atoms with Crippen LogP contribution in [0.15, 0.2) is 24.8 Å². The molecular formula is C18H28O. The van der Waals surface area contributed by atoms with Crippen molar-refractivity contribution in [3.8, 4) is 5.75 Å². The van der Waals surface area contributed by atoms with Crippen molar-refractivity contribution in [1.29, 1.82) is 0 Å². The molecule has 19 heavy (non-hydrogen) atoms. The second-order valence-electron chi connectivity index (χ2n) is 5.50. The van der Waals surface area contributed by atoms with E-state index in [1.54, 1.807) is 0 Å². The van der Waals surface area contributed by atoms with Gasteiger partial charge in [-0.25, -0.2) is 0 Å². The SMILES string of the molecule is C=C(C)c1ccc(CCCCCCCCC)c(O)c1. The van der Waals surface area contributed by atoms with Gasteiger partial charge in [-0.3, -0.25) is 0 Å². The van der Waals surface area contributed by atoms with Gasteiger partial charge in [-0.1, -0.05) is 69.7 Å². The monoisotopic (exact) mass is 260 g/mol. The molecule has 0 saturated heterocycles. The number of rotatable bonds is 9. The van der Waals surface area contributed by atoms with Gasteiger partial charge in [-0.2, -0.15) is 0 Å². The Bertz CT molecular complexity index is 393. The van der Waals surface area contributed by atoms with Crippen LogP contribution in [0.25, 0.3) is 5.57 Å². The van der Waals surface area contributed by atoms with Crippen molar-refractivity contribution in [3.63, 3.8) is 0 Å². The summed E-state index contributed by atoms with van der Waals surface area (Å²) >= 11 is 0. The van der Waals surface area contributed by atoms with E-state index in [9.17, 15) is 5.11 Å². The lowest BCUT2D eigenvalue weighted by Crippen LogP contribution is -1.89. The first-order valence-electron chi connectivity index (χ1n) is 7.63. The number of benzene rings is 1. The Morgan fingerprint density at radius 2 is 1.68 bits per heavy atom. The van der Waals surface area contributed by atoms with Crippen molar-refractivity contribution in [2.45, 2.75) is 65.2 Å². The van der Waals surface area contributed by atoms with Gasteiger partial charge in [0.05, 0.1) is 0 Å². The number of hydrogen-bond donors (Lipinski definition) is 1. The maximum absolute atomic E-state index is 9.97. The first-order chi connectivity index (χ1) is 9.15. The minimum Gasteiger partial charge on any atom is -0.508 e. The predicted molar refractivity (Wildman–Crippen MR) is 84.5 cm³/mol. The zero-order valence-electron chi connectivity index (χ0n) is 12.5. The molecular weight excluding hydrogens is 232 g/mol. The molecule has 0 spiro atoms. The lowest BCUT2D eigenvalue weighted by atomic mass is 10.0. The van der Waals surface area contributed by atoms with Crippen LogP contribution in [0.5, 0.6) is 5.75 Å². The second-order valence-corrected chi connectivity index (χ2v) is 5.50. The lowest BCUT2D eigenvalue weighted by molar-refractivity contribution is 0.465. The quantitative estimate of drug-likeness (QED) is 0.563. The molecule has 0 amide bonds. The smallest absolute Gasteiger partial charge is 0.119 e. The van der Waals surface area contributed by atoms with Gasteiger partial charge in [-0.05, 0) is 37.0 Å². The third-order valence-corrected chi connectivity index (χ3v) is 3.63. The highest BCUT2D eigenvalue weighted by Crippen LogP contribution is 2.24. The van der Waals surface area contributed by atoms with Crippen LogP contribution in [0.1, 0.15) is 69.9 Å². The van der Waals surface area contributed by atoms with Crippen molar-refractivity contribution in [2.24, 2.45) is 0 Å². The highest BCUT2D eigenvalue weighted by molar-refractivity contribution is 5.63. The van der Waals surface area contributed by atoms with E-state index in [1.165, 1.54) is 44.9 Å². The van der Waals surface area contributed by atoms with Crippen LogP contribution in [-0.4, -0.2) is 5.11 Å². The summed E-state index contributed by atoms with van der Waals surface area (Å²) in [6, 6.07) is 5.92. The van der Waals surface area contributed by atoms with Gasteiger partial charge in [0.15, 0.2) is 0 Å². The molecule has 1 rings (SSSR count). The van der Waals surface area contributed by atoms with Crippen molar-refractivity contribution < 1.29 is 5.11 Å². The largest absolute Gasteiger partial charge is 0.508 e. The molecule has 0 heterocycles. The van der Waals surface area contributed by atoms with Gasteiger partial charge >= 0.3 is 0 Å². The highest BCUT2D eigenvalue weighted by Gasteiger charge is 2.03. The lowest BCUT2D eigenvalue weighted by Gasteiger charge is -2.07. The summed E-state index contributed by atoms with van der Waals surface area (Å²) in [6.07, 6.45) is 10.1. The van der Waals surface area contributed by atoms with Crippen molar-refractivity contribution in [2.75, 3.05) is 0 Å². The van der Waals surface area contributed by atoms with Crippen LogP contribution in [0.2, 0.25) is 0 Å². The molecule has 1 aromatic carbocycles. The van der Waals surface area contributed by atoms with Gasteiger partial charge < -0.3 is 5.11 Å². The van der Waals surface area contributed by atoms with Gasteiger partial charge in [0.25, 0.3) is 0 Å². The topological polar surface area (TPSA) is 20.2 Å². The first-order valence-corrected chi connectivity index (χ1v) is 7.63. The summed E-state index contributed by atoms with van der Waals surface area (Å²) in [4.78, 5) is 0. The number of phenolic OH excluding ortho intramolecular Hbond substituents is 1. The summed E-state index contributed by atoms with van der Waals surface area (Å²) in [7, 11) is 0. The van der Waals surface area contributed by atoms with E-state index in [2.05, 4.69) is 19.6 Å². The maximum Gasteiger partial charge on any atom is 0.119 e. The van der Waals surface area contributed by atoms with Crippen LogP contribution in [-0.2, 0) is 6.42 Å². The predicted octanol–water partition coefficient (Wildman–Crippen LogP) is 5.72. The van der Waals surface area contributed by atoms with Crippen molar-refractivity contribution >= 4 is 5.57 Å². The zero-order chi connectivity index (χ0) is 14.1. The standard InChI is InChI=1S/C18H28O/c1-4-5-6-7-8-9-10-11-16-12-13-17(15(2)3)14-18(16)19/h12-14,19H,2,4-11H2,1,3H3. The number of phenols is 1. The average molecular weight is 260 g/mol. The molecule has 1 heteroatoms. The average Bonchev–Trinajstić information content (AvgIpc) is 2.39. The Morgan fingerprint density at radius 1 is 1.05 bits per heavy atom. The van der Waals surface area contributed by atoms with Crippen LogP contribution in [0.3, 0.4) is 0 Å². The molecule has 0 radical (unpaired) electrons. The molecule has 0 atom stereocenters. The number of unbranched alkanes of at least 4 members (excludes halogenated alkanes) is 6. The van der Waals surface area contributed by atoms with Gasteiger partial charge in [0, 0.05) is 0 Å². The van der Waals surface area contributed by atoms with E-state index in [1.807, 2.05) is 19.1 Å². The molecule has 0 fully saturated rings. The number of hydrogen-bond acceptors (Lipinski definition) is 1. The van der Waals surface area contributed by atoms with Crippen molar-refractivity contribution in [1.82, 2.24) is 0 Å². The highest BCUT2D eigenvalue weighted by atomic mass is 16.3. The van der Waals surface area contributed by atoms with Gasteiger partial charge in [0.2, 0.25) is 0 Å². The van der Waals surface area contributed by atoms with E-state index in [0.29, 0.717) is 5.75 Å². The zero-order valence-corrected chi connectivity index (χ0v) is 12.5. The fourth-order valence-corrected chi connectivity index (χ4v) is 2.31. The molecule has 1 nitrogen and oxygen atoms in total. The Morgan fingerprint density at radius 3 is 2.26 bits per heavy atom. The molecule has 0 aliphatic rings. The Labute approximate surface area is 118 Å². The van der Waals surface area contributed by atoms with Gasteiger partial charge in [0.1, 0.15) is 5.75 Å². The minimum atomic E-state index is 0.423. The summed E-state index contributed by atoms with van der Waals surface area (Å²) in [5.74, 6) is 0.423. The third-order valence-electron chi connectivity index (χ3n) is 3.63. The van der Waals surface area contributed by atoms with Crippen LogP contribution < -0.4 is 0 Å². The number of aromatic hydroxyl groups is 1. The van der Waals surface area contributed by atoms with E-state index in [-0.39, 0.29) is 0 Å². The number of aryl methyl sites for hydroxylation is 1. The second kappa shape index (κ2) is 8.79. The van der Waals surface area contributed by atoms with Gasteiger partial charge in [-0.15, -0.1) is 0 Å². The summed E-state index contributed by atoms with van der Waals surface area (Å²) in [6.45, 7) is 8.11. The minimum absolute atomic E-state index is 0.423.